The minimum Gasteiger partial charge on any atom is -0.389 e. The molecule has 98 valence electrons. The number of thiophene rings is 1. The topological polar surface area (TPSA) is 55.1 Å². The molecule has 0 spiro atoms. The van der Waals surface area contributed by atoms with Crippen LogP contribution in [0.2, 0.25) is 0 Å². The van der Waals surface area contributed by atoms with Crippen molar-refractivity contribution in [1.29, 1.82) is 0 Å². The Hall–Kier alpha value is -1.79. The van der Waals surface area contributed by atoms with Crippen LogP contribution < -0.4 is 11.1 Å². The van der Waals surface area contributed by atoms with Gasteiger partial charge >= 0.3 is 0 Å². The Morgan fingerprint density at radius 3 is 2.74 bits per heavy atom. The second-order valence-electron chi connectivity index (χ2n) is 3.95. The molecule has 0 aliphatic carbocycles. The van der Waals surface area contributed by atoms with Gasteiger partial charge in [-0.2, -0.15) is 11.3 Å². The smallest absolute Gasteiger partial charge is 0.256 e. The first-order chi connectivity index (χ1) is 9.00. The average molecular weight is 294 g/mol. The van der Waals surface area contributed by atoms with E-state index >= 15 is 0 Å². The number of nitrogens with two attached hydrogens (primary N) is 1. The van der Waals surface area contributed by atoms with E-state index in [1.165, 1.54) is 23.5 Å². The van der Waals surface area contributed by atoms with Gasteiger partial charge in [0.1, 0.15) is 10.8 Å². The van der Waals surface area contributed by atoms with Crippen molar-refractivity contribution in [2.75, 3.05) is 5.32 Å². The summed E-state index contributed by atoms with van der Waals surface area (Å²) in [4.78, 5) is 12.0. The molecule has 0 fully saturated rings. The molecule has 0 saturated carbocycles. The molecule has 1 aromatic carbocycles. The molecule has 0 saturated heterocycles. The van der Waals surface area contributed by atoms with Gasteiger partial charge in [-0.15, -0.1) is 0 Å². The van der Waals surface area contributed by atoms with Crippen LogP contribution in [0, 0.1) is 12.7 Å². The zero-order valence-electron chi connectivity index (χ0n) is 10.1. The largest absolute Gasteiger partial charge is 0.389 e. The van der Waals surface area contributed by atoms with E-state index < -0.39 is 5.82 Å². The lowest BCUT2D eigenvalue weighted by Crippen LogP contribution is -2.19. The second-order valence-corrected chi connectivity index (χ2v) is 5.13. The molecule has 1 aromatic heterocycles. The van der Waals surface area contributed by atoms with Crippen LogP contribution in [0.3, 0.4) is 0 Å². The molecule has 6 heteroatoms. The van der Waals surface area contributed by atoms with Gasteiger partial charge in [0.25, 0.3) is 5.91 Å². The summed E-state index contributed by atoms with van der Waals surface area (Å²) in [6.07, 6.45) is 0. The van der Waals surface area contributed by atoms with Crippen LogP contribution in [0.1, 0.15) is 21.5 Å². The van der Waals surface area contributed by atoms with Crippen LogP contribution in [0.15, 0.2) is 29.0 Å². The van der Waals surface area contributed by atoms with Crippen molar-refractivity contribution in [1.82, 2.24) is 0 Å². The monoisotopic (exact) mass is 294 g/mol. The van der Waals surface area contributed by atoms with Gasteiger partial charge in [-0.05, 0) is 30.0 Å². The van der Waals surface area contributed by atoms with Gasteiger partial charge in [0, 0.05) is 5.38 Å². The van der Waals surface area contributed by atoms with E-state index in [9.17, 15) is 9.18 Å². The van der Waals surface area contributed by atoms with Crippen molar-refractivity contribution < 1.29 is 9.18 Å². The third kappa shape index (κ3) is 2.80. The van der Waals surface area contributed by atoms with E-state index in [0.717, 1.165) is 5.56 Å². The number of hydrogen-bond acceptors (Lipinski definition) is 3. The lowest BCUT2D eigenvalue weighted by molar-refractivity contribution is 0.102. The predicted molar refractivity (Wildman–Crippen MR) is 79.3 cm³/mol. The third-order valence-corrected chi connectivity index (χ3v) is 3.67. The third-order valence-electron chi connectivity index (χ3n) is 2.61. The molecule has 3 nitrogen and oxygen atoms in total. The van der Waals surface area contributed by atoms with Gasteiger partial charge in [0.05, 0.1) is 16.8 Å². The number of nitrogens with one attached hydrogen (secondary N) is 1. The molecule has 0 radical (unpaired) electrons. The molecular weight excluding hydrogens is 283 g/mol. The normalized spacial score (nSPS) is 10.2. The molecule has 2 rings (SSSR count). The Morgan fingerprint density at radius 2 is 2.16 bits per heavy atom. The number of thiocarbonyl (C=S) groups is 1. The fourth-order valence-corrected chi connectivity index (χ4v) is 2.70. The highest BCUT2D eigenvalue weighted by Crippen LogP contribution is 2.21. The summed E-state index contributed by atoms with van der Waals surface area (Å²) in [6.45, 7) is 1.84. The second kappa shape index (κ2) is 5.46. The number of halogens is 1. The highest BCUT2D eigenvalue weighted by atomic mass is 32.1. The average Bonchev–Trinajstić information content (AvgIpc) is 2.75. The number of carbonyl (C=O) groups is 1. The Bertz CT molecular complexity index is 652. The van der Waals surface area contributed by atoms with Crippen LogP contribution in [-0.4, -0.2) is 10.9 Å². The van der Waals surface area contributed by atoms with Gasteiger partial charge < -0.3 is 11.1 Å². The summed E-state index contributed by atoms with van der Waals surface area (Å²) in [5, 5.41) is 6.25. The zero-order chi connectivity index (χ0) is 14.0. The van der Waals surface area contributed by atoms with E-state index in [-0.39, 0.29) is 22.1 Å². The highest BCUT2D eigenvalue weighted by molar-refractivity contribution is 7.80. The Kier molecular flexibility index (Phi) is 3.92. The van der Waals surface area contributed by atoms with Crippen LogP contribution in [-0.2, 0) is 0 Å². The summed E-state index contributed by atoms with van der Waals surface area (Å²) in [5.41, 5.74) is 7.25. The van der Waals surface area contributed by atoms with Crippen molar-refractivity contribution in [2.24, 2.45) is 5.73 Å². The molecule has 3 N–H and O–H groups in total. The lowest BCUT2D eigenvalue weighted by Gasteiger charge is -2.10. The first-order valence-corrected chi connectivity index (χ1v) is 6.78. The van der Waals surface area contributed by atoms with E-state index in [0.29, 0.717) is 5.56 Å². The zero-order valence-corrected chi connectivity index (χ0v) is 11.7. The van der Waals surface area contributed by atoms with Crippen molar-refractivity contribution in [2.45, 2.75) is 6.92 Å². The van der Waals surface area contributed by atoms with Gasteiger partial charge in [-0.25, -0.2) is 4.39 Å². The van der Waals surface area contributed by atoms with E-state index in [4.69, 9.17) is 18.0 Å². The maximum absolute atomic E-state index is 13.7. The summed E-state index contributed by atoms with van der Waals surface area (Å²) < 4.78 is 13.7. The van der Waals surface area contributed by atoms with Crippen LogP contribution in [0.4, 0.5) is 10.1 Å². The number of hydrogen-bond donors (Lipinski definition) is 2. The van der Waals surface area contributed by atoms with Crippen molar-refractivity contribution >= 4 is 40.1 Å². The number of amides is 1. The molecule has 0 aliphatic rings. The molecule has 0 bridgehead atoms. The number of benzene rings is 1. The quantitative estimate of drug-likeness (QED) is 0.855. The first-order valence-electron chi connectivity index (χ1n) is 5.43. The summed E-state index contributed by atoms with van der Waals surface area (Å²) in [5.74, 6) is -0.853. The van der Waals surface area contributed by atoms with Crippen molar-refractivity contribution in [3.8, 4) is 0 Å². The predicted octanol–water partition coefficient (Wildman–Crippen LogP) is 3.08. The number of aryl methyl sites for hydroxylation is 1. The Morgan fingerprint density at radius 1 is 1.42 bits per heavy atom. The number of carbonyl (C=O) groups excluding carboxylic acids is 1. The van der Waals surface area contributed by atoms with Crippen LogP contribution in [0.25, 0.3) is 0 Å². The summed E-state index contributed by atoms with van der Waals surface area (Å²) in [6, 6.07) is 4.31. The molecule has 0 aliphatic heterocycles. The van der Waals surface area contributed by atoms with Gasteiger partial charge in [0.15, 0.2) is 0 Å². The molecule has 1 amide bonds. The summed E-state index contributed by atoms with van der Waals surface area (Å²) >= 11 is 6.24. The number of rotatable bonds is 3. The van der Waals surface area contributed by atoms with Crippen LogP contribution >= 0.6 is 23.6 Å². The van der Waals surface area contributed by atoms with E-state index in [1.807, 2.05) is 12.3 Å². The first kappa shape index (κ1) is 13.6. The molecule has 2 aromatic rings. The fourth-order valence-electron chi connectivity index (χ4n) is 1.66. The van der Waals surface area contributed by atoms with Gasteiger partial charge in [0.2, 0.25) is 0 Å². The molecule has 0 atom stereocenters. The Balaban J connectivity index is 2.35. The van der Waals surface area contributed by atoms with Gasteiger partial charge in [-0.1, -0.05) is 18.3 Å². The highest BCUT2D eigenvalue weighted by Gasteiger charge is 2.15. The van der Waals surface area contributed by atoms with E-state index in [1.54, 1.807) is 11.4 Å². The van der Waals surface area contributed by atoms with Crippen molar-refractivity contribution in [3.05, 3.63) is 51.5 Å². The van der Waals surface area contributed by atoms with E-state index in [2.05, 4.69) is 5.32 Å². The molecule has 0 unspecified atom stereocenters. The minimum atomic E-state index is -0.549. The van der Waals surface area contributed by atoms with Crippen LogP contribution in [0.5, 0.6) is 0 Å². The summed E-state index contributed by atoms with van der Waals surface area (Å²) in [7, 11) is 0. The fraction of sp³-hybridized carbons (Fsp3) is 0.0769. The number of anilines is 1. The maximum Gasteiger partial charge on any atom is 0.256 e. The molecular formula is C13H11FN2OS2. The van der Waals surface area contributed by atoms with Gasteiger partial charge in [-0.3, -0.25) is 4.79 Å². The molecule has 1 heterocycles. The maximum atomic E-state index is 13.7. The Labute approximate surface area is 119 Å². The lowest BCUT2D eigenvalue weighted by atomic mass is 10.1. The minimum absolute atomic E-state index is 0.0544. The SMILES string of the molecule is Cc1cscc1C(=O)Nc1cccc(F)c1C(N)=S. The van der Waals surface area contributed by atoms with Crippen molar-refractivity contribution in [3.63, 3.8) is 0 Å². The standard InChI is InChI=1S/C13H11FN2OS2/c1-7-5-19-6-8(7)13(17)16-10-4-2-3-9(14)11(10)12(15)18/h2-6H,1H3,(H2,15,18)(H,16,17). The molecule has 19 heavy (non-hydrogen) atoms.